The van der Waals surface area contributed by atoms with Crippen LogP contribution in [0.1, 0.15) is 64.1 Å². The summed E-state index contributed by atoms with van der Waals surface area (Å²) >= 11 is 0. The van der Waals surface area contributed by atoms with Crippen LogP contribution in [0.25, 0.3) is 11.3 Å². The number of carbonyl (C=O) groups excluding carboxylic acids is 2. The van der Waals surface area contributed by atoms with Gasteiger partial charge in [-0.25, -0.2) is 0 Å². The first-order chi connectivity index (χ1) is 15.6. The number of benzene rings is 1. The minimum Gasteiger partial charge on any atom is -0.361 e. The Kier molecular flexibility index (Phi) is 7.28. The van der Waals surface area contributed by atoms with E-state index >= 15 is 0 Å². The summed E-state index contributed by atoms with van der Waals surface area (Å²) in [4.78, 5) is 28.2. The molecule has 1 saturated heterocycles. The van der Waals surface area contributed by atoms with Gasteiger partial charge in [-0.1, -0.05) is 61.2 Å². The van der Waals surface area contributed by atoms with E-state index in [2.05, 4.69) is 10.5 Å². The summed E-state index contributed by atoms with van der Waals surface area (Å²) in [6, 6.07) is 11.8. The highest BCUT2D eigenvalue weighted by molar-refractivity contribution is 5.85. The fourth-order valence-electron chi connectivity index (χ4n) is 5.36. The van der Waals surface area contributed by atoms with Crippen molar-refractivity contribution in [3.05, 3.63) is 42.2 Å². The second kappa shape index (κ2) is 10.3. The summed E-state index contributed by atoms with van der Waals surface area (Å²) in [5.74, 6) is 1.58. The minimum absolute atomic E-state index is 0.00551. The van der Waals surface area contributed by atoms with Gasteiger partial charge in [-0.05, 0) is 32.1 Å². The van der Waals surface area contributed by atoms with Gasteiger partial charge in [-0.3, -0.25) is 9.59 Å². The topological polar surface area (TPSA) is 75.4 Å². The molecule has 0 radical (unpaired) electrons. The lowest BCUT2D eigenvalue weighted by Crippen LogP contribution is -2.54. The van der Waals surface area contributed by atoms with Gasteiger partial charge in [0.15, 0.2) is 0 Å². The van der Waals surface area contributed by atoms with Gasteiger partial charge in [0.25, 0.3) is 0 Å². The maximum atomic E-state index is 13.2. The highest BCUT2D eigenvalue weighted by Crippen LogP contribution is 2.36. The number of hydrogen-bond donors (Lipinski definition) is 1. The second-order valence-corrected chi connectivity index (χ2v) is 9.47. The Morgan fingerprint density at radius 3 is 2.72 bits per heavy atom. The number of hydrogen-bond acceptors (Lipinski definition) is 4. The van der Waals surface area contributed by atoms with Crippen molar-refractivity contribution >= 4 is 11.8 Å². The van der Waals surface area contributed by atoms with Gasteiger partial charge in [0.1, 0.15) is 11.5 Å². The first-order valence-corrected chi connectivity index (χ1v) is 12.2. The fraction of sp³-hybridized carbons (Fsp3) is 0.577. The summed E-state index contributed by atoms with van der Waals surface area (Å²) < 4.78 is 5.65. The summed E-state index contributed by atoms with van der Waals surface area (Å²) in [5.41, 5.74) is 1.08. The van der Waals surface area contributed by atoms with Crippen molar-refractivity contribution in [3.8, 4) is 11.3 Å². The maximum Gasteiger partial charge on any atom is 0.228 e. The Balaban J connectivity index is 1.47. The van der Waals surface area contributed by atoms with Gasteiger partial charge in [-0.15, -0.1) is 0 Å². The molecule has 2 aliphatic rings. The summed E-state index contributed by atoms with van der Waals surface area (Å²) in [6.07, 6.45) is 8.69. The van der Waals surface area contributed by atoms with Crippen LogP contribution < -0.4 is 5.32 Å². The number of aromatic nitrogens is 1. The van der Waals surface area contributed by atoms with Crippen LogP contribution in [-0.2, 0) is 16.0 Å². The Bertz CT molecular complexity index is 904. The van der Waals surface area contributed by atoms with E-state index in [9.17, 15) is 9.59 Å². The van der Waals surface area contributed by atoms with Crippen molar-refractivity contribution in [3.63, 3.8) is 0 Å². The molecule has 2 heterocycles. The van der Waals surface area contributed by atoms with E-state index in [0.717, 1.165) is 37.1 Å². The average molecular weight is 438 g/mol. The molecule has 32 heavy (non-hydrogen) atoms. The van der Waals surface area contributed by atoms with Gasteiger partial charge < -0.3 is 14.7 Å². The second-order valence-electron chi connectivity index (χ2n) is 9.47. The van der Waals surface area contributed by atoms with Gasteiger partial charge in [0.2, 0.25) is 11.8 Å². The largest absolute Gasteiger partial charge is 0.361 e. The molecule has 1 aliphatic heterocycles. The molecular weight excluding hydrogens is 402 g/mol. The molecule has 2 fully saturated rings. The number of amides is 2. The minimum atomic E-state index is -0.676. The molecular formula is C26H35N3O3. The molecule has 2 amide bonds. The van der Waals surface area contributed by atoms with Crippen LogP contribution in [0, 0.1) is 11.3 Å². The van der Waals surface area contributed by atoms with Crippen LogP contribution >= 0.6 is 0 Å². The molecule has 1 aromatic heterocycles. The molecule has 6 heteroatoms. The van der Waals surface area contributed by atoms with Crippen LogP contribution in [0.5, 0.6) is 0 Å². The number of likely N-dealkylation sites (tertiary alicyclic amines) is 1. The van der Waals surface area contributed by atoms with Crippen molar-refractivity contribution in [1.29, 1.82) is 0 Å². The molecule has 1 aromatic carbocycles. The standard InChI is InChI=1S/C26H35N3O3/c1-2-27-25(31)26(18-22-17-23(28-32-22)21-11-4-3-5-12-21)15-8-16-29(19-26)24(30)14-13-20-9-6-7-10-20/h3-5,11-12,17,20H,2,6-10,13-16,18-19H2,1H3,(H,27,31)/t26-/m1/s1. The molecule has 1 saturated carbocycles. The van der Waals surface area contributed by atoms with E-state index in [1.54, 1.807) is 0 Å². The average Bonchev–Trinajstić information content (AvgIpc) is 3.51. The Morgan fingerprint density at radius 2 is 1.97 bits per heavy atom. The number of nitrogens with one attached hydrogen (secondary N) is 1. The molecule has 0 bridgehead atoms. The third kappa shape index (κ3) is 5.22. The molecule has 1 atom stereocenters. The van der Waals surface area contributed by atoms with E-state index in [1.807, 2.05) is 48.2 Å². The van der Waals surface area contributed by atoms with Crippen molar-refractivity contribution in [2.24, 2.45) is 11.3 Å². The van der Waals surface area contributed by atoms with Gasteiger partial charge >= 0.3 is 0 Å². The molecule has 1 N–H and O–H groups in total. The smallest absolute Gasteiger partial charge is 0.228 e. The first-order valence-electron chi connectivity index (χ1n) is 12.2. The summed E-state index contributed by atoms with van der Waals surface area (Å²) in [7, 11) is 0. The monoisotopic (exact) mass is 437 g/mol. The molecule has 0 spiro atoms. The van der Waals surface area contributed by atoms with Crippen LogP contribution in [0.4, 0.5) is 0 Å². The summed E-state index contributed by atoms with van der Waals surface area (Å²) in [5, 5.41) is 7.24. The Labute approximate surface area is 190 Å². The van der Waals surface area contributed by atoms with Gasteiger partial charge in [-0.2, -0.15) is 0 Å². The van der Waals surface area contributed by atoms with Crippen LogP contribution in [-0.4, -0.2) is 41.5 Å². The first kappa shape index (κ1) is 22.6. The van der Waals surface area contributed by atoms with E-state index in [1.165, 1.54) is 25.7 Å². The van der Waals surface area contributed by atoms with Crippen LogP contribution in [0.15, 0.2) is 40.9 Å². The quantitative estimate of drug-likeness (QED) is 0.655. The molecule has 172 valence electrons. The lowest BCUT2D eigenvalue weighted by Gasteiger charge is -2.41. The lowest BCUT2D eigenvalue weighted by atomic mass is 9.75. The van der Waals surface area contributed by atoms with Crippen molar-refractivity contribution in [2.75, 3.05) is 19.6 Å². The number of carbonyl (C=O) groups is 2. The fourth-order valence-corrected chi connectivity index (χ4v) is 5.36. The number of rotatable bonds is 8. The number of piperidine rings is 1. The third-order valence-electron chi connectivity index (χ3n) is 7.13. The van der Waals surface area contributed by atoms with E-state index in [0.29, 0.717) is 37.6 Å². The van der Waals surface area contributed by atoms with Crippen molar-refractivity contribution in [2.45, 2.75) is 64.7 Å². The van der Waals surface area contributed by atoms with Crippen LogP contribution in [0.2, 0.25) is 0 Å². The molecule has 2 aromatic rings. The molecule has 0 unspecified atom stereocenters. The zero-order chi connectivity index (χ0) is 22.4. The highest BCUT2D eigenvalue weighted by atomic mass is 16.5. The molecule has 4 rings (SSSR count). The Hall–Kier alpha value is -2.63. The number of nitrogens with zero attached hydrogens (tertiary/aromatic N) is 2. The summed E-state index contributed by atoms with van der Waals surface area (Å²) in [6.45, 7) is 3.68. The Morgan fingerprint density at radius 1 is 1.19 bits per heavy atom. The normalized spacial score (nSPS) is 21.6. The SMILES string of the molecule is CCNC(=O)[C@@]1(Cc2cc(-c3ccccc3)no2)CCCN(C(=O)CCC2CCCC2)C1. The zero-order valence-electron chi connectivity index (χ0n) is 19.1. The molecule has 6 nitrogen and oxygen atoms in total. The van der Waals surface area contributed by atoms with Crippen molar-refractivity contribution in [1.82, 2.24) is 15.4 Å². The molecule has 1 aliphatic carbocycles. The van der Waals surface area contributed by atoms with Crippen molar-refractivity contribution < 1.29 is 14.1 Å². The predicted molar refractivity (Wildman–Crippen MR) is 124 cm³/mol. The highest BCUT2D eigenvalue weighted by Gasteiger charge is 2.44. The van der Waals surface area contributed by atoms with E-state index in [-0.39, 0.29) is 11.8 Å². The van der Waals surface area contributed by atoms with Gasteiger partial charge in [0, 0.05) is 44.1 Å². The lowest BCUT2D eigenvalue weighted by molar-refractivity contribution is -0.142. The van der Waals surface area contributed by atoms with E-state index < -0.39 is 5.41 Å². The third-order valence-corrected chi connectivity index (χ3v) is 7.13. The predicted octanol–water partition coefficient (Wildman–Crippen LogP) is 4.60. The zero-order valence-corrected chi connectivity index (χ0v) is 19.1. The maximum absolute atomic E-state index is 13.2. The van der Waals surface area contributed by atoms with Crippen LogP contribution in [0.3, 0.4) is 0 Å². The van der Waals surface area contributed by atoms with Gasteiger partial charge in [0.05, 0.1) is 5.41 Å². The van der Waals surface area contributed by atoms with E-state index in [4.69, 9.17) is 4.52 Å².